The van der Waals surface area contributed by atoms with Crippen molar-refractivity contribution in [2.75, 3.05) is 10.2 Å². The quantitative estimate of drug-likeness (QED) is 0.393. The third-order valence-corrected chi connectivity index (χ3v) is 9.19. The number of carbonyl (C=O) groups excluding carboxylic acids is 3. The van der Waals surface area contributed by atoms with Crippen LogP contribution in [0.1, 0.15) is 31.9 Å². The zero-order valence-corrected chi connectivity index (χ0v) is 22.6. The second-order valence-corrected chi connectivity index (χ2v) is 12.4. The first-order chi connectivity index (χ1) is 18.3. The van der Waals surface area contributed by atoms with E-state index >= 15 is 0 Å². The molecule has 0 saturated carbocycles. The van der Waals surface area contributed by atoms with Gasteiger partial charge in [-0.15, -0.1) is 0 Å². The summed E-state index contributed by atoms with van der Waals surface area (Å²) in [5.74, 6) is -1.74. The van der Waals surface area contributed by atoms with Crippen LogP contribution in [0.25, 0.3) is 0 Å². The van der Waals surface area contributed by atoms with Crippen LogP contribution in [-0.4, -0.2) is 44.9 Å². The van der Waals surface area contributed by atoms with E-state index in [9.17, 15) is 31.2 Å². The number of sulfonamides is 2. The minimum atomic E-state index is -4.34. The number of nitrogens with one attached hydrogen (secondary N) is 1. The minimum Gasteiger partial charge on any atom is -0.326 e. The second-order valence-electron chi connectivity index (χ2n) is 8.95. The molecule has 0 aliphatic carbocycles. The normalized spacial score (nSPS) is 16.9. The highest BCUT2D eigenvalue weighted by Gasteiger charge is 2.49. The van der Waals surface area contributed by atoms with Crippen LogP contribution >= 0.6 is 0 Å². The molecular weight excluding hydrogens is 544 g/mol. The number of anilines is 2. The average molecular weight is 571 g/mol. The number of nitrogens with zero attached hydrogens (tertiary/aromatic N) is 2. The van der Waals surface area contributed by atoms with Crippen LogP contribution in [0.3, 0.4) is 0 Å². The van der Waals surface area contributed by atoms with Gasteiger partial charge in [-0.1, -0.05) is 30.3 Å². The van der Waals surface area contributed by atoms with Crippen LogP contribution in [0.2, 0.25) is 0 Å². The van der Waals surface area contributed by atoms with Crippen molar-refractivity contribution in [1.29, 1.82) is 0 Å². The molecule has 0 bridgehead atoms. The summed E-state index contributed by atoms with van der Waals surface area (Å²) in [4.78, 5) is 38.6. The monoisotopic (exact) mass is 570 g/mol. The molecule has 4 rings (SSSR count). The van der Waals surface area contributed by atoms with E-state index in [4.69, 9.17) is 5.14 Å². The fraction of sp³-hybridized carbons (Fsp3) is 0.192. The standard InChI is InChI=1S/C26H26N4O7S2/c1-17(19-6-4-3-5-7-19)30(39(36,37)23-12-8-20(9-13-23)28-18(2)31)24-16-25(32)29(26(24)33)21-10-14-22(15-11-21)38(27,34)35/h3-15,17,24H,16H2,1-2H3,(H,28,31)(H2,27,34,35). The van der Waals surface area contributed by atoms with E-state index in [1.165, 1.54) is 43.3 Å². The smallest absolute Gasteiger partial charge is 0.252 e. The predicted molar refractivity (Wildman–Crippen MR) is 143 cm³/mol. The summed E-state index contributed by atoms with van der Waals surface area (Å²) < 4.78 is 52.2. The lowest BCUT2D eigenvalue weighted by Gasteiger charge is -2.32. The molecule has 1 fully saturated rings. The van der Waals surface area contributed by atoms with Gasteiger partial charge in [-0.3, -0.25) is 14.4 Å². The van der Waals surface area contributed by atoms with E-state index in [-0.39, 0.29) is 21.4 Å². The molecule has 0 radical (unpaired) electrons. The lowest BCUT2D eigenvalue weighted by Crippen LogP contribution is -2.46. The molecule has 1 aliphatic heterocycles. The van der Waals surface area contributed by atoms with Gasteiger partial charge >= 0.3 is 0 Å². The van der Waals surface area contributed by atoms with Crippen molar-refractivity contribution in [1.82, 2.24) is 4.31 Å². The molecule has 204 valence electrons. The van der Waals surface area contributed by atoms with Crippen molar-refractivity contribution in [2.24, 2.45) is 5.14 Å². The van der Waals surface area contributed by atoms with Crippen molar-refractivity contribution in [3.8, 4) is 0 Å². The van der Waals surface area contributed by atoms with Gasteiger partial charge in [-0.2, -0.15) is 4.31 Å². The molecule has 3 aromatic carbocycles. The van der Waals surface area contributed by atoms with Crippen molar-refractivity contribution in [3.63, 3.8) is 0 Å². The number of rotatable bonds is 8. The van der Waals surface area contributed by atoms with E-state index in [0.717, 1.165) is 21.3 Å². The Morgan fingerprint density at radius 1 is 0.923 bits per heavy atom. The Labute approximate surface area is 226 Å². The maximum atomic E-state index is 14.0. The number of imide groups is 1. The third-order valence-electron chi connectivity index (χ3n) is 6.27. The predicted octanol–water partition coefficient (Wildman–Crippen LogP) is 2.38. The van der Waals surface area contributed by atoms with E-state index < -0.39 is 50.4 Å². The fourth-order valence-corrected chi connectivity index (χ4v) is 6.71. The summed E-state index contributed by atoms with van der Waals surface area (Å²) in [7, 11) is -8.34. The lowest BCUT2D eigenvalue weighted by atomic mass is 10.1. The zero-order valence-electron chi connectivity index (χ0n) is 21.0. The van der Waals surface area contributed by atoms with E-state index in [0.29, 0.717) is 11.3 Å². The summed E-state index contributed by atoms with van der Waals surface area (Å²) in [6.45, 7) is 2.95. The van der Waals surface area contributed by atoms with E-state index in [2.05, 4.69) is 5.32 Å². The molecule has 11 nitrogen and oxygen atoms in total. The van der Waals surface area contributed by atoms with Crippen molar-refractivity contribution < 1.29 is 31.2 Å². The largest absolute Gasteiger partial charge is 0.326 e. The van der Waals surface area contributed by atoms with Gasteiger partial charge in [0.25, 0.3) is 5.91 Å². The highest BCUT2D eigenvalue weighted by atomic mass is 32.2. The average Bonchev–Trinajstić information content (AvgIpc) is 3.17. The van der Waals surface area contributed by atoms with E-state index in [1.807, 2.05) is 0 Å². The number of hydrogen-bond acceptors (Lipinski definition) is 7. The highest BCUT2D eigenvalue weighted by molar-refractivity contribution is 7.89. The number of hydrogen-bond donors (Lipinski definition) is 2. The van der Waals surface area contributed by atoms with Crippen molar-refractivity contribution >= 4 is 49.1 Å². The number of amides is 3. The molecular formula is C26H26N4O7S2. The van der Waals surface area contributed by atoms with Crippen molar-refractivity contribution in [2.45, 2.75) is 42.1 Å². The SMILES string of the molecule is CC(=O)Nc1ccc(S(=O)(=O)N(C2CC(=O)N(c3ccc(S(N)(=O)=O)cc3)C2=O)C(C)c2ccccc2)cc1. The number of nitrogens with two attached hydrogens (primary N) is 1. The van der Waals surface area contributed by atoms with Gasteiger partial charge in [0.1, 0.15) is 6.04 Å². The maximum Gasteiger partial charge on any atom is 0.252 e. The Balaban J connectivity index is 1.75. The summed E-state index contributed by atoms with van der Waals surface area (Å²) >= 11 is 0. The first kappa shape index (κ1) is 28.1. The number of carbonyl (C=O) groups is 3. The molecule has 13 heteroatoms. The Morgan fingerprint density at radius 2 is 1.49 bits per heavy atom. The first-order valence-corrected chi connectivity index (χ1v) is 14.7. The Hall–Kier alpha value is -3.91. The van der Waals surface area contributed by atoms with Crippen LogP contribution in [0.15, 0.2) is 88.7 Å². The molecule has 1 aliphatic rings. The number of benzene rings is 3. The summed E-state index contributed by atoms with van der Waals surface area (Å²) in [5.41, 5.74) is 1.08. The highest BCUT2D eigenvalue weighted by Crippen LogP contribution is 2.36. The van der Waals surface area contributed by atoms with Gasteiger partial charge in [0.05, 0.1) is 21.9 Å². The zero-order chi connectivity index (χ0) is 28.5. The first-order valence-electron chi connectivity index (χ1n) is 11.8. The molecule has 3 N–H and O–H groups in total. The van der Waals surface area contributed by atoms with Crippen LogP contribution in [0, 0.1) is 0 Å². The van der Waals surface area contributed by atoms with Gasteiger partial charge in [-0.25, -0.2) is 26.9 Å². The second kappa shape index (κ2) is 10.7. The number of primary sulfonamides is 1. The lowest BCUT2D eigenvalue weighted by molar-refractivity contribution is -0.122. The Morgan fingerprint density at radius 3 is 2.03 bits per heavy atom. The van der Waals surface area contributed by atoms with Gasteiger partial charge in [-0.05, 0) is 61.0 Å². The molecule has 0 aromatic heterocycles. The van der Waals surface area contributed by atoms with Crippen LogP contribution in [0.4, 0.5) is 11.4 Å². The van der Waals surface area contributed by atoms with Gasteiger partial charge < -0.3 is 5.32 Å². The van der Waals surface area contributed by atoms with Crippen LogP contribution < -0.4 is 15.4 Å². The third kappa shape index (κ3) is 5.76. The van der Waals surface area contributed by atoms with Crippen LogP contribution in [0.5, 0.6) is 0 Å². The summed E-state index contributed by atoms with van der Waals surface area (Å²) in [5, 5.41) is 7.70. The van der Waals surface area contributed by atoms with E-state index in [1.54, 1.807) is 37.3 Å². The topological polar surface area (TPSA) is 164 Å². The molecule has 2 atom stereocenters. The molecule has 2 unspecified atom stereocenters. The van der Waals surface area contributed by atoms with Crippen molar-refractivity contribution in [3.05, 3.63) is 84.4 Å². The minimum absolute atomic E-state index is 0.0873. The maximum absolute atomic E-state index is 14.0. The fourth-order valence-electron chi connectivity index (χ4n) is 4.43. The molecule has 3 aromatic rings. The summed E-state index contributed by atoms with van der Waals surface area (Å²) in [6.07, 6.45) is -0.420. The molecule has 39 heavy (non-hydrogen) atoms. The Kier molecular flexibility index (Phi) is 7.70. The molecule has 1 heterocycles. The molecule has 0 spiro atoms. The van der Waals surface area contributed by atoms with Gasteiger partial charge in [0.15, 0.2) is 0 Å². The van der Waals surface area contributed by atoms with Gasteiger partial charge in [0.2, 0.25) is 31.9 Å². The summed E-state index contributed by atoms with van der Waals surface area (Å²) in [6, 6.07) is 16.8. The molecule has 1 saturated heterocycles. The van der Waals surface area contributed by atoms with Crippen LogP contribution in [-0.2, 0) is 34.4 Å². The Bertz CT molecular complexity index is 1620. The molecule has 3 amide bonds. The van der Waals surface area contributed by atoms with Gasteiger partial charge in [0, 0.05) is 18.7 Å².